The van der Waals surface area contributed by atoms with E-state index in [1.165, 1.54) is 0 Å². The van der Waals surface area contributed by atoms with Gasteiger partial charge in [0.2, 0.25) is 5.91 Å². The number of aliphatic hydroxyl groups is 1. The lowest BCUT2D eigenvalue weighted by molar-refractivity contribution is -0.120. The maximum Gasteiger partial charge on any atom is 0.233 e. The smallest absolute Gasteiger partial charge is 0.233 e. The first-order valence-electron chi connectivity index (χ1n) is 5.16. The summed E-state index contributed by atoms with van der Waals surface area (Å²) in [5.41, 5.74) is 0. The van der Waals surface area contributed by atoms with Gasteiger partial charge >= 0.3 is 0 Å². The summed E-state index contributed by atoms with van der Waals surface area (Å²) in [6.45, 7) is 2.62. The van der Waals surface area contributed by atoms with E-state index in [-0.39, 0.29) is 30.4 Å². The molecule has 0 heterocycles. The molecule has 0 aromatic heterocycles. The first-order chi connectivity index (χ1) is 7.65. The lowest BCUT2D eigenvalue weighted by Crippen LogP contribution is -2.43. The number of hydrogen-bond donors (Lipinski definition) is 3. The molecule has 0 fully saturated rings. The highest BCUT2D eigenvalue weighted by Gasteiger charge is 2.15. The number of nitrogens with zero attached hydrogens (tertiary/aromatic N) is 1. The number of carbonyl (C=O) groups is 1. The van der Waals surface area contributed by atoms with E-state index in [1.807, 2.05) is 19.2 Å². The molecule has 0 radical (unpaired) electrons. The largest absolute Gasteiger partial charge is 0.395 e. The van der Waals surface area contributed by atoms with Crippen LogP contribution in [0.15, 0.2) is 0 Å². The van der Waals surface area contributed by atoms with Crippen LogP contribution >= 0.6 is 11.8 Å². The molecule has 2 unspecified atom stereocenters. The van der Waals surface area contributed by atoms with Crippen LogP contribution in [0.4, 0.5) is 0 Å². The van der Waals surface area contributed by atoms with Crippen LogP contribution in [-0.2, 0) is 4.79 Å². The van der Waals surface area contributed by atoms with Gasteiger partial charge in [0.25, 0.3) is 0 Å². The maximum absolute atomic E-state index is 11.3. The summed E-state index contributed by atoms with van der Waals surface area (Å²) in [4.78, 5) is 11.3. The first-order valence-corrected chi connectivity index (χ1v) is 6.45. The van der Waals surface area contributed by atoms with Gasteiger partial charge in [0.15, 0.2) is 0 Å². The average molecular weight is 245 g/mol. The Morgan fingerprint density at radius 1 is 1.62 bits per heavy atom. The van der Waals surface area contributed by atoms with Crippen molar-refractivity contribution >= 4 is 17.7 Å². The minimum Gasteiger partial charge on any atom is -0.395 e. The Morgan fingerprint density at radius 3 is 2.81 bits per heavy atom. The molecule has 0 aromatic rings. The number of nitriles is 1. The molecular weight excluding hydrogens is 226 g/mol. The third-order valence-electron chi connectivity index (χ3n) is 2.18. The Balaban J connectivity index is 3.70. The van der Waals surface area contributed by atoms with Crippen LogP contribution in [0.2, 0.25) is 0 Å². The molecule has 0 saturated heterocycles. The van der Waals surface area contributed by atoms with Gasteiger partial charge in [0, 0.05) is 17.8 Å². The number of thioether (sulfide) groups is 1. The van der Waals surface area contributed by atoms with Gasteiger partial charge in [-0.05, 0) is 13.2 Å². The van der Waals surface area contributed by atoms with E-state index >= 15 is 0 Å². The molecule has 0 rings (SSSR count). The predicted octanol–water partition coefficient (Wildman–Crippen LogP) is -0.282. The Bertz CT molecular complexity index is 239. The normalized spacial score (nSPS) is 13.9. The van der Waals surface area contributed by atoms with Gasteiger partial charge in [-0.15, -0.1) is 0 Å². The van der Waals surface area contributed by atoms with Crippen molar-refractivity contribution in [1.29, 1.82) is 5.26 Å². The molecule has 0 saturated carbocycles. The van der Waals surface area contributed by atoms with Gasteiger partial charge in [-0.2, -0.15) is 17.0 Å². The number of nitrogens with one attached hydrogen (secondary N) is 2. The summed E-state index contributed by atoms with van der Waals surface area (Å²) in [5, 5.41) is 23.1. The van der Waals surface area contributed by atoms with Crippen molar-refractivity contribution in [3.63, 3.8) is 0 Å². The second-order valence-corrected chi connectivity index (χ2v) is 4.46. The Labute approximate surface area is 101 Å². The van der Waals surface area contributed by atoms with Gasteiger partial charge in [0.1, 0.15) is 0 Å². The zero-order valence-electron chi connectivity index (χ0n) is 9.69. The molecule has 3 N–H and O–H groups in total. The summed E-state index contributed by atoms with van der Waals surface area (Å²) in [5.74, 6) is -0.125. The van der Waals surface area contributed by atoms with Gasteiger partial charge in [-0.3, -0.25) is 4.79 Å². The van der Waals surface area contributed by atoms with E-state index in [1.54, 1.807) is 11.8 Å². The third kappa shape index (κ3) is 6.67. The van der Waals surface area contributed by atoms with Crippen LogP contribution in [-0.4, -0.2) is 48.3 Å². The SMILES string of the molecule is CSC(CO)C(C)NCC(=O)NCCC#N. The Morgan fingerprint density at radius 2 is 2.31 bits per heavy atom. The van der Waals surface area contributed by atoms with Crippen molar-refractivity contribution in [3.05, 3.63) is 0 Å². The number of amides is 1. The molecule has 0 aliphatic rings. The van der Waals surface area contributed by atoms with Crippen LogP contribution in [0.5, 0.6) is 0 Å². The standard InChI is InChI=1S/C10H19N3O2S/c1-8(9(7-14)16-2)13-6-10(15)12-5-3-4-11/h8-9,13-14H,3,5-7H2,1-2H3,(H,12,15). The summed E-state index contributed by atoms with van der Waals surface area (Å²) >= 11 is 1.56. The monoisotopic (exact) mass is 245 g/mol. The van der Waals surface area contributed by atoms with Crippen molar-refractivity contribution < 1.29 is 9.90 Å². The number of carbonyl (C=O) groups excluding carboxylic acids is 1. The predicted molar refractivity (Wildman–Crippen MR) is 65.1 cm³/mol. The lowest BCUT2D eigenvalue weighted by atomic mass is 10.2. The second-order valence-electron chi connectivity index (χ2n) is 3.38. The van der Waals surface area contributed by atoms with Crippen LogP contribution in [0.1, 0.15) is 13.3 Å². The van der Waals surface area contributed by atoms with Crippen LogP contribution < -0.4 is 10.6 Å². The van der Waals surface area contributed by atoms with Gasteiger partial charge in [-0.25, -0.2) is 0 Å². The van der Waals surface area contributed by atoms with Crippen molar-refractivity contribution in [2.24, 2.45) is 0 Å². The number of rotatable bonds is 8. The van der Waals surface area contributed by atoms with Crippen LogP contribution in [0.3, 0.4) is 0 Å². The van der Waals surface area contributed by atoms with Gasteiger partial charge < -0.3 is 15.7 Å². The highest BCUT2D eigenvalue weighted by molar-refractivity contribution is 7.99. The van der Waals surface area contributed by atoms with E-state index in [4.69, 9.17) is 10.4 Å². The first kappa shape index (κ1) is 15.2. The molecule has 16 heavy (non-hydrogen) atoms. The molecule has 0 bridgehead atoms. The van der Waals surface area contributed by atoms with E-state index in [0.29, 0.717) is 13.0 Å². The summed E-state index contributed by atoms with van der Waals surface area (Å²) < 4.78 is 0. The zero-order valence-corrected chi connectivity index (χ0v) is 10.5. The molecule has 1 amide bonds. The molecule has 5 nitrogen and oxygen atoms in total. The average Bonchev–Trinajstić information content (AvgIpc) is 2.28. The molecule has 92 valence electrons. The summed E-state index contributed by atoms with van der Waals surface area (Å²) in [7, 11) is 0. The van der Waals surface area contributed by atoms with Crippen LogP contribution in [0.25, 0.3) is 0 Å². The van der Waals surface area contributed by atoms with E-state index in [0.717, 1.165) is 0 Å². The molecule has 6 heteroatoms. The topological polar surface area (TPSA) is 85.2 Å². The van der Waals surface area contributed by atoms with E-state index in [2.05, 4.69) is 10.6 Å². The fraction of sp³-hybridized carbons (Fsp3) is 0.800. The fourth-order valence-corrected chi connectivity index (χ4v) is 1.80. The lowest BCUT2D eigenvalue weighted by Gasteiger charge is -2.20. The quantitative estimate of drug-likeness (QED) is 0.512. The summed E-state index contributed by atoms with van der Waals surface area (Å²) in [6, 6.07) is 2.02. The van der Waals surface area contributed by atoms with Crippen molar-refractivity contribution in [2.75, 3.05) is 26.0 Å². The van der Waals surface area contributed by atoms with Gasteiger partial charge in [0.05, 0.1) is 25.6 Å². The second kappa shape index (κ2) is 9.46. The fourth-order valence-electron chi connectivity index (χ4n) is 1.14. The Hall–Kier alpha value is -0.770. The zero-order chi connectivity index (χ0) is 12.4. The van der Waals surface area contributed by atoms with Gasteiger partial charge in [-0.1, -0.05) is 0 Å². The number of aliphatic hydroxyl groups excluding tert-OH is 1. The molecule has 0 aromatic carbocycles. The molecular formula is C10H19N3O2S. The number of hydrogen-bond acceptors (Lipinski definition) is 5. The van der Waals surface area contributed by atoms with E-state index < -0.39 is 0 Å². The van der Waals surface area contributed by atoms with Crippen molar-refractivity contribution in [1.82, 2.24) is 10.6 Å². The van der Waals surface area contributed by atoms with Crippen LogP contribution in [0, 0.1) is 11.3 Å². The molecule has 0 aliphatic heterocycles. The highest BCUT2D eigenvalue weighted by Crippen LogP contribution is 2.09. The summed E-state index contributed by atoms with van der Waals surface area (Å²) in [6.07, 6.45) is 2.25. The molecule has 2 atom stereocenters. The molecule has 0 aliphatic carbocycles. The minimum atomic E-state index is -0.125. The van der Waals surface area contributed by atoms with Crippen molar-refractivity contribution in [2.45, 2.75) is 24.6 Å². The third-order valence-corrected chi connectivity index (χ3v) is 3.35. The van der Waals surface area contributed by atoms with Crippen molar-refractivity contribution in [3.8, 4) is 6.07 Å². The highest BCUT2D eigenvalue weighted by atomic mass is 32.2. The molecule has 0 spiro atoms. The maximum atomic E-state index is 11.3. The minimum absolute atomic E-state index is 0.0710. The Kier molecular flexibility index (Phi) is 9.00. The van der Waals surface area contributed by atoms with E-state index in [9.17, 15) is 4.79 Å².